The maximum atomic E-state index is 12.9. The third kappa shape index (κ3) is 4.10. The van der Waals surface area contributed by atoms with Gasteiger partial charge in [0.1, 0.15) is 5.75 Å². The van der Waals surface area contributed by atoms with Gasteiger partial charge in [-0.05, 0) is 63.6 Å². The number of rotatable bonds is 6. The Balaban J connectivity index is 1.64. The molecular formula is C20H30N2O2. The van der Waals surface area contributed by atoms with Crippen LogP contribution in [0, 0.1) is 0 Å². The zero-order chi connectivity index (χ0) is 17.1. The van der Waals surface area contributed by atoms with Crippen LogP contribution in [0.15, 0.2) is 24.3 Å². The molecule has 0 spiro atoms. The van der Waals surface area contributed by atoms with Gasteiger partial charge in [0, 0.05) is 24.7 Å². The van der Waals surface area contributed by atoms with Gasteiger partial charge in [-0.15, -0.1) is 0 Å². The molecule has 1 heterocycles. The summed E-state index contributed by atoms with van der Waals surface area (Å²) in [6, 6.07) is 9.53. The van der Waals surface area contributed by atoms with Crippen LogP contribution in [0.1, 0.15) is 51.5 Å². The van der Waals surface area contributed by atoms with Crippen LogP contribution in [-0.2, 0) is 11.3 Å². The van der Waals surface area contributed by atoms with E-state index in [2.05, 4.69) is 35.8 Å². The zero-order valence-corrected chi connectivity index (χ0v) is 15.2. The molecule has 0 radical (unpaired) electrons. The minimum Gasteiger partial charge on any atom is -0.497 e. The molecule has 0 N–H and O–H groups in total. The Morgan fingerprint density at radius 1 is 1.12 bits per heavy atom. The zero-order valence-electron chi connectivity index (χ0n) is 15.2. The lowest BCUT2D eigenvalue weighted by atomic mass is 9.97. The summed E-state index contributed by atoms with van der Waals surface area (Å²) >= 11 is 0. The SMILES string of the molecule is COc1ccc(CN(CC(=O)N2C(C)CCCC2C)C2CC2)cc1. The first-order valence-corrected chi connectivity index (χ1v) is 9.26. The summed E-state index contributed by atoms with van der Waals surface area (Å²) in [7, 11) is 1.69. The molecule has 2 fully saturated rings. The number of likely N-dealkylation sites (tertiary alicyclic amines) is 1. The Labute approximate surface area is 145 Å². The van der Waals surface area contributed by atoms with Crippen LogP contribution in [0.4, 0.5) is 0 Å². The maximum absolute atomic E-state index is 12.9. The molecule has 1 aromatic rings. The predicted octanol–water partition coefficient (Wildman–Crippen LogP) is 3.45. The molecule has 4 nitrogen and oxygen atoms in total. The highest BCUT2D eigenvalue weighted by Crippen LogP contribution is 2.30. The van der Waals surface area contributed by atoms with E-state index < -0.39 is 0 Å². The summed E-state index contributed by atoms with van der Waals surface area (Å²) in [5, 5.41) is 0. The second-order valence-electron chi connectivity index (χ2n) is 7.41. The smallest absolute Gasteiger partial charge is 0.237 e. The summed E-state index contributed by atoms with van der Waals surface area (Å²) < 4.78 is 5.23. The fraction of sp³-hybridized carbons (Fsp3) is 0.650. The molecule has 0 aromatic heterocycles. The molecule has 1 amide bonds. The van der Waals surface area contributed by atoms with E-state index in [0.29, 0.717) is 30.6 Å². The van der Waals surface area contributed by atoms with E-state index in [1.165, 1.54) is 24.8 Å². The van der Waals surface area contributed by atoms with Gasteiger partial charge < -0.3 is 9.64 Å². The highest BCUT2D eigenvalue weighted by Gasteiger charge is 2.34. The van der Waals surface area contributed by atoms with Crippen LogP contribution < -0.4 is 4.74 Å². The largest absolute Gasteiger partial charge is 0.497 e. The third-order valence-electron chi connectivity index (χ3n) is 5.43. The van der Waals surface area contributed by atoms with Crippen molar-refractivity contribution in [2.24, 2.45) is 0 Å². The van der Waals surface area contributed by atoms with Gasteiger partial charge in [0.2, 0.25) is 5.91 Å². The number of carbonyl (C=O) groups excluding carboxylic acids is 1. The number of nitrogens with zero attached hydrogens (tertiary/aromatic N) is 2. The van der Waals surface area contributed by atoms with Crippen LogP contribution in [-0.4, -0.2) is 47.5 Å². The predicted molar refractivity (Wildman–Crippen MR) is 96.0 cm³/mol. The molecule has 2 unspecified atom stereocenters. The number of piperidine rings is 1. The van der Waals surface area contributed by atoms with Gasteiger partial charge in [-0.25, -0.2) is 0 Å². The highest BCUT2D eigenvalue weighted by atomic mass is 16.5. The molecule has 4 heteroatoms. The number of methoxy groups -OCH3 is 1. The van der Waals surface area contributed by atoms with E-state index in [1.54, 1.807) is 7.11 Å². The summed E-state index contributed by atoms with van der Waals surface area (Å²) in [5.41, 5.74) is 1.25. The van der Waals surface area contributed by atoms with Gasteiger partial charge in [0.05, 0.1) is 13.7 Å². The molecule has 1 aliphatic heterocycles. The maximum Gasteiger partial charge on any atom is 0.237 e. The monoisotopic (exact) mass is 330 g/mol. The van der Waals surface area contributed by atoms with E-state index in [4.69, 9.17) is 4.74 Å². The molecule has 2 aliphatic rings. The van der Waals surface area contributed by atoms with E-state index >= 15 is 0 Å². The van der Waals surface area contributed by atoms with Crippen LogP contribution in [0.3, 0.4) is 0 Å². The quantitative estimate of drug-likeness (QED) is 0.801. The fourth-order valence-corrected chi connectivity index (χ4v) is 3.89. The van der Waals surface area contributed by atoms with Crippen molar-refractivity contribution >= 4 is 5.91 Å². The third-order valence-corrected chi connectivity index (χ3v) is 5.43. The lowest BCUT2D eigenvalue weighted by molar-refractivity contribution is -0.138. The first kappa shape index (κ1) is 17.3. The van der Waals surface area contributed by atoms with Crippen molar-refractivity contribution in [3.63, 3.8) is 0 Å². The Bertz CT molecular complexity index is 543. The molecule has 1 aliphatic carbocycles. The molecule has 0 bridgehead atoms. The minimum atomic E-state index is 0.301. The Hall–Kier alpha value is -1.55. The van der Waals surface area contributed by atoms with E-state index in [9.17, 15) is 4.79 Å². The molecule has 1 aromatic carbocycles. The molecule has 132 valence electrons. The van der Waals surface area contributed by atoms with E-state index in [-0.39, 0.29) is 0 Å². The van der Waals surface area contributed by atoms with Gasteiger partial charge in [-0.1, -0.05) is 12.1 Å². The number of hydrogen-bond acceptors (Lipinski definition) is 3. The highest BCUT2D eigenvalue weighted by molar-refractivity contribution is 5.79. The molecule has 3 rings (SSSR count). The fourth-order valence-electron chi connectivity index (χ4n) is 3.89. The molecule has 1 saturated heterocycles. The second-order valence-corrected chi connectivity index (χ2v) is 7.41. The van der Waals surface area contributed by atoms with Crippen molar-refractivity contribution in [3.05, 3.63) is 29.8 Å². The molecule has 24 heavy (non-hydrogen) atoms. The molecular weight excluding hydrogens is 300 g/mol. The first-order valence-electron chi connectivity index (χ1n) is 9.26. The van der Waals surface area contributed by atoms with Gasteiger partial charge in [-0.2, -0.15) is 0 Å². The van der Waals surface area contributed by atoms with Gasteiger partial charge in [-0.3, -0.25) is 9.69 Å². The number of benzene rings is 1. The van der Waals surface area contributed by atoms with Gasteiger partial charge >= 0.3 is 0 Å². The van der Waals surface area contributed by atoms with Crippen molar-refractivity contribution in [1.29, 1.82) is 0 Å². The van der Waals surface area contributed by atoms with Crippen LogP contribution in [0.25, 0.3) is 0 Å². The minimum absolute atomic E-state index is 0.301. The van der Waals surface area contributed by atoms with Crippen LogP contribution in [0.5, 0.6) is 5.75 Å². The first-order chi connectivity index (χ1) is 11.6. The average molecular weight is 330 g/mol. The van der Waals surface area contributed by atoms with Crippen molar-refractivity contribution in [1.82, 2.24) is 9.80 Å². The average Bonchev–Trinajstić information content (AvgIpc) is 3.39. The summed E-state index contributed by atoms with van der Waals surface area (Å²) in [4.78, 5) is 17.4. The van der Waals surface area contributed by atoms with Crippen LogP contribution >= 0.6 is 0 Å². The van der Waals surface area contributed by atoms with Crippen LogP contribution in [0.2, 0.25) is 0 Å². The van der Waals surface area contributed by atoms with E-state index in [0.717, 1.165) is 25.1 Å². The Morgan fingerprint density at radius 3 is 2.29 bits per heavy atom. The van der Waals surface area contributed by atoms with Crippen molar-refractivity contribution in [3.8, 4) is 5.75 Å². The van der Waals surface area contributed by atoms with Gasteiger partial charge in [0.25, 0.3) is 0 Å². The normalized spacial score (nSPS) is 24.2. The van der Waals surface area contributed by atoms with E-state index in [1.807, 2.05) is 12.1 Å². The second kappa shape index (κ2) is 7.56. The lowest BCUT2D eigenvalue weighted by Gasteiger charge is -2.40. The Kier molecular flexibility index (Phi) is 5.44. The summed E-state index contributed by atoms with van der Waals surface area (Å²) in [6.07, 6.45) is 5.95. The van der Waals surface area contributed by atoms with Gasteiger partial charge in [0.15, 0.2) is 0 Å². The lowest BCUT2D eigenvalue weighted by Crippen LogP contribution is -2.51. The summed E-state index contributed by atoms with van der Waals surface area (Å²) in [5.74, 6) is 1.18. The Morgan fingerprint density at radius 2 is 1.75 bits per heavy atom. The van der Waals surface area contributed by atoms with Crippen molar-refractivity contribution in [2.45, 2.75) is 70.6 Å². The number of hydrogen-bond donors (Lipinski definition) is 0. The topological polar surface area (TPSA) is 32.8 Å². The number of ether oxygens (including phenoxy) is 1. The molecule has 1 saturated carbocycles. The number of carbonyl (C=O) groups is 1. The van der Waals surface area contributed by atoms with Crippen molar-refractivity contribution < 1.29 is 9.53 Å². The number of amides is 1. The van der Waals surface area contributed by atoms with Crippen molar-refractivity contribution in [2.75, 3.05) is 13.7 Å². The standard InChI is InChI=1S/C20H30N2O2/c1-15-5-4-6-16(2)22(15)20(23)14-21(18-9-10-18)13-17-7-11-19(24-3)12-8-17/h7-8,11-12,15-16,18H,4-6,9-10,13-14H2,1-3H3. The summed E-state index contributed by atoms with van der Waals surface area (Å²) in [6.45, 7) is 5.78. The molecule has 2 atom stereocenters.